The Morgan fingerprint density at radius 1 is 1.27 bits per heavy atom. The van der Waals surface area contributed by atoms with Crippen molar-refractivity contribution < 1.29 is 24.2 Å². The third-order valence-electron chi connectivity index (χ3n) is 11.9. The van der Waals surface area contributed by atoms with Gasteiger partial charge in [0.25, 0.3) is 0 Å². The minimum atomic E-state index is -0.611. The highest BCUT2D eigenvalue weighted by Crippen LogP contribution is 2.78. The zero-order chi connectivity index (χ0) is 29.9. The molecule has 0 heterocycles. The van der Waals surface area contributed by atoms with E-state index in [-0.39, 0.29) is 68.8 Å². The van der Waals surface area contributed by atoms with E-state index in [1.54, 1.807) is 0 Å². The molecule has 0 aromatic carbocycles. The number of thioether (sulfide) groups is 1. The predicted octanol–water partition coefficient (Wildman–Crippen LogP) is 5.96. The molecule has 0 saturated heterocycles. The lowest BCUT2D eigenvalue weighted by Gasteiger charge is -2.72. The lowest BCUT2D eigenvalue weighted by Crippen LogP contribution is -2.74. The van der Waals surface area contributed by atoms with Crippen molar-refractivity contribution in [3.8, 4) is 0 Å². The van der Waals surface area contributed by atoms with Gasteiger partial charge in [0.15, 0.2) is 0 Å². The molecular weight excluding hydrogens is 522 g/mol. The maximum absolute atomic E-state index is 13.6. The Kier molecular flexibility index (Phi) is 8.48. The molecule has 2 unspecified atom stereocenters. The van der Waals surface area contributed by atoms with Gasteiger partial charge in [-0.15, -0.1) is 18.3 Å². The molecule has 0 aromatic heterocycles. The normalized spacial score (nSPS) is 43.0. The van der Waals surface area contributed by atoms with Crippen LogP contribution in [-0.2, 0) is 19.1 Å². The maximum atomic E-state index is 13.6. The highest BCUT2D eigenvalue weighted by atomic mass is 32.2. The SMILES string of the molecule is C=C[C@@]1(C)C[C@]2(C)C3CC[C@]4(CCC(=O)[C@H]4[C@]3(C)[C@@H]2OC(=O)CSC(C)(C)CNC(=O)C(C)CCC)[C@@H](C)[C@@H]1O. The van der Waals surface area contributed by atoms with Crippen molar-refractivity contribution in [1.29, 1.82) is 0 Å². The van der Waals surface area contributed by atoms with Crippen molar-refractivity contribution in [3.05, 3.63) is 12.7 Å². The van der Waals surface area contributed by atoms with E-state index in [1.807, 2.05) is 26.8 Å². The summed E-state index contributed by atoms with van der Waals surface area (Å²) in [5, 5.41) is 14.8. The molecule has 10 atom stereocenters. The molecule has 0 aromatic rings. The van der Waals surface area contributed by atoms with Gasteiger partial charge in [0.1, 0.15) is 11.9 Å². The first-order valence-corrected chi connectivity index (χ1v) is 16.5. The van der Waals surface area contributed by atoms with Crippen LogP contribution in [0.3, 0.4) is 0 Å². The van der Waals surface area contributed by atoms with E-state index >= 15 is 0 Å². The summed E-state index contributed by atoms with van der Waals surface area (Å²) in [6, 6.07) is 0. The minimum absolute atomic E-state index is 0.0215. The monoisotopic (exact) mass is 575 g/mol. The van der Waals surface area contributed by atoms with Gasteiger partial charge in [-0.1, -0.05) is 54.0 Å². The number of ether oxygens (including phenoxy) is 1. The van der Waals surface area contributed by atoms with Crippen molar-refractivity contribution in [1.82, 2.24) is 5.32 Å². The van der Waals surface area contributed by atoms with E-state index < -0.39 is 16.9 Å². The highest BCUT2D eigenvalue weighted by Gasteiger charge is 2.79. The van der Waals surface area contributed by atoms with Crippen LogP contribution in [0.25, 0.3) is 0 Å². The third-order valence-corrected chi connectivity index (χ3v) is 13.2. The second kappa shape index (κ2) is 10.7. The number of carbonyl (C=O) groups is 3. The zero-order valence-corrected chi connectivity index (χ0v) is 26.9. The number of aliphatic hydroxyl groups excluding tert-OH is 1. The molecule has 5 aliphatic rings. The number of amides is 1. The molecule has 0 radical (unpaired) electrons. The predicted molar refractivity (Wildman–Crippen MR) is 161 cm³/mol. The number of esters is 1. The standard InChI is InChI=1S/C33H53NO5S/c1-10-12-20(3)27(38)34-19-29(5,6)40-17-24(36)39-28-31(8)18-30(7,11-2)26(37)21(4)33-15-13-22(35)25(33)32(28,9)23(31)14-16-33/h11,20-21,23,25-26,28,37H,2,10,12-19H2,1,3-9H3,(H,34,38)/t20?,21-,23?,25-,26-,28+,30-,31+,32+,33+/m0/s1. The van der Waals surface area contributed by atoms with Gasteiger partial charge in [0.2, 0.25) is 5.91 Å². The quantitative estimate of drug-likeness (QED) is 0.247. The average molecular weight is 576 g/mol. The number of aliphatic hydroxyl groups is 1. The van der Waals surface area contributed by atoms with Crippen molar-refractivity contribution in [3.63, 3.8) is 0 Å². The Balaban J connectivity index is 1.55. The lowest BCUT2D eigenvalue weighted by molar-refractivity contribution is -0.293. The van der Waals surface area contributed by atoms with Crippen LogP contribution in [-0.4, -0.2) is 52.0 Å². The fourth-order valence-electron chi connectivity index (χ4n) is 10.0. The van der Waals surface area contributed by atoms with Crippen molar-refractivity contribution in [2.24, 2.45) is 45.3 Å². The molecule has 5 saturated carbocycles. The fourth-order valence-corrected chi connectivity index (χ4v) is 10.8. The highest BCUT2D eigenvalue weighted by molar-refractivity contribution is 8.01. The van der Waals surface area contributed by atoms with Gasteiger partial charge in [0.05, 0.1) is 11.9 Å². The van der Waals surface area contributed by atoms with Gasteiger partial charge < -0.3 is 15.2 Å². The number of Topliss-reactive ketones (excluding diaryl/α,β-unsaturated/α-hetero) is 1. The second-order valence-electron chi connectivity index (χ2n) is 15.0. The van der Waals surface area contributed by atoms with Gasteiger partial charge in [-0.25, -0.2) is 0 Å². The van der Waals surface area contributed by atoms with Gasteiger partial charge in [-0.3, -0.25) is 14.4 Å². The Morgan fingerprint density at radius 3 is 2.58 bits per heavy atom. The van der Waals surface area contributed by atoms with Gasteiger partial charge >= 0.3 is 5.97 Å². The lowest BCUT2D eigenvalue weighted by atomic mass is 9.33. The molecular formula is C33H53NO5S. The van der Waals surface area contributed by atoms with E-state index in [1.165, 1.54) is 11.8 Å². The zero-order valence-electron chi connectivity index (χ0n) is 26.1. The van der Waals surface area contributed by atoms with Crippen molar-refractivity contribution in [2.45, 2.75) is 117 Å². The van der Waals surface area contributed by atoms with Crippen LogP contribution in [0.5, 0.6) is 0 Å². The molecule has 5 rings (SSSR count). The van der Waals surface area contributed by atoms with Crippen LogP contribution in [0.4, 0.5) is 0 Å². The van der Waals surface area contributed by atoms with Crippen LogP contribution < -0.4 is 5.32 Å². The van der Waals surface area contributed by atoms with E-state index in [0.29, 0.717) is 19.4 Å². The molecule has 1 amide bonds. The Hall–Kier alpha value is -1.34. The number of nitrogens with one attached hydrogen (secondary N) is 1. The summed E-state index contributed by atoms with van der Waals surface area (Å²) >= 11 is 1.50. The van der Waals surface area contributed by atoms with Crippen molar-refractivity contribution in [2.75, 3.05) is 12.3 Å². The topological polar surface area (TPSA) is 92.7 Å². The first-order valence-electron chi connectivity index (χ1n) is 15.5. The summed E-state index contributed by atoms with van der Waals surface area (Å²) in [4.78, 5) is 39.5. The maximum Gasteiger partial charge on any atom is 0.316 e. The van der Waals surface area contributed by atoms with Crippen LogP contribution in [0.15, 0.2) is 12.7 Å². The third kappa shape index (κ3) is 4.79. The van der Waals surface area contributed by atoms with Gasteiger partial charge in [0, 0.05) is 45.8 Å². The summed E-state index contributed by atoms with van der Waals surface area (Å²) < 4.78 is 6.11. The number of ketones is 1. The Morgan fingerprint density at radius 2 is 1.95 bits per heavy atom. The van der Waals surface area contributed by atoms with Crippen molar-refractivity contribution >= 4 is 29.4 Å². The van der Waals surface area contributed by atoms with E-state index in [4.69, 9.17) is 4.74 Å². The van der Waals surface area contributed by atoms with E-state index in [2.05, 4.69) is 46.5 Å². The number of hydrogen-bond donors (Lipinski definition) is 2. The molecule has 5 aliphatic carbocycles. The fraction of sp³-hybridized carbons (Fsp3) is 0.848. The number of hydrogen-bond acceptors (Lipinski definition) is 6. The number of fused-ring (bicyclic) bond motifs is 4. The molecule has 2 N–H and O–H groups in total. The van der Waals surface area contributed by atoms with Crippen LogP contribution >= 0.6 is 11.8 Å². The Labute approximate surface area is 246 Å². The molecule has 7 heteroatoms. The minimum Gasteiger partial charge on any atom is -0.461 e. The Bertz CT molecular complexity index is 1040. The smallest absolute Gasteiger partial charge is 0.316 e. The molecule has 226 valence electrons. The number of carbonyl (C=O) groups excluding carboxylic acids is 3. The van der Waals surface area contributed by atoms with Crippen LogP contribution in [0, 0.1) is 45.3 Å². The number of rotatable bonds is 10. The molecule has 4 bridgehead atoms. The van der Waals surface area contributed by atoms with Gasteiger partial charge in [-0.2, -0.15) is 0 Å². The molecule has 0 aliphatic heterocycles. The molecule has 40 heavy (non-hydrogen) atoms. The summed E-state index contributed by atoms with van der Waals surface area (Å²) in [7, 11) is 0. The second-order valence-corrected chi connectivity index (χ2v) is 16.7. The molecule has 5 fully saturated rings. The summed E-state index contributed by atoms with van der Waals surface area (Å²) in [6.45, 7) is 21.3. The molecule has 1 spiro atoms. The summed E-state index contributed by atoms with van der Waals surface area (Å²) in [5.74, 6) is 0.223. The van der Waals surface area contributed by atoms with Gasteiger partial charge in [-0.05, 0) is 63.2 Å². The van der Waals surface area contributed by atoms with Crippen LogP contribution in [0.2, 0.25) is 0 Å². The van der Waals surface area contributed by atoms with E-state index in [9.17, 15) is 19.5 Å². The first-order chi connectivity index (χ1) is 18.5. The van der Waals surface area contributed by atoms with Crippen LogP contribution in [0.1, 0.15) is 100 Å². The molecule has 6 nitrogen and oxygen atoms in total. The first kappa shape index (κ1) is 31.6. The van der Waals surface area contributed by atoms with E-state index in [0.717, 1.165) is 32.1 Å². The summed E-state index contributed by atoms with van der Waals surface area (Å²) in [6.07, 6.45) is 6.67. The average Bonchev–Trinajstić information content (AvgIpc) is 3.27. The summed E-state index contributed by atoms with van der Waals surface area (Å²) in [5.41, 5.74) is -1.59. The largest absolute Gasteiger partial charge is 0.461 e.